The van der Waals surface area contributed by atoms with Crippen LogP contribution in [0.5, 0.6) is 0 Å². The van der Waals surface area contributed by atoms with Crippen LogP contribution in [-0.4, -0.2) is 27.2 Å². The molecule has 0 saturated carbocycles. The summed E-state index contributed by atoms with van der Waals surface area (Å²) >= 11 is 1.61. The number of nitrogens with zero attached hydrogens (tertiary/aromatic N) is 3. The first-order valence-corrected chi connectivity index (χ1v) is 6.48. The molecule has 0 aliphatic heterocycles. The van der Waals surface area contributed by atoms with Gasteiger partial charge in [0.1, 0.15) is 12.4 Å². The van der Waals surface area contributed by atoms with E-state index in [4.69, 9.17) is 5.73 Å². The van der Waals surface area contributed by atoms with Crippen molar-refractivity contribution in [3.05, 3.63) is 28.3 Å². The van der Waals surface area contributed by atoms with Gasteiger partial charge in [0.15, 0.2) is 0 Å². The Morgan fingerprint density at radius 1 is 1.61 bits per heavy atom. The second-order valence-corrected chi connectivity index (χ2v) is 4.86. The van der Waals surface area contributed by atoms with Crippen LogP contribution in [0.25, 0.3) is 0 Å². The summed E-state index contributed by atoms with van der Waals surface area (Å²) in [7, 11) is 0. The molecule has 6 nitrogen and oxygen atoms in total. The van der Waals surface area contributed by atoms with E-state index in [0.29, 0.717) is 12.4 Å². The number of carbonyl (C=O) groups excluding carboxylic acids is 1. The summed E-state index contributed by atoms with van der Waals surface area (Å²) in [6.45, 7) is 2.73. The Labute approximate surface area is 109 Å². The predicted octanol–water partition coefficient (Wildman–Crippen LogP) is 0.589. The summed E-state index contributed by atoms with van der Waals surface area (Å²) in [4.78, 5) is 15.9. The number of hydrogen-bond acceptors (Lipinski definition) is 5. The second-order valence-electron chi connectivity index (χ2n) is 3.92. The van der Waals surface area contributed by atoms with Crippen molar-refractivity contribution >= 4 is 23.1 Å². The highest BCUT2D eigenvalue weighted by atomic mass is 32.1. The number of rotatable bonds is 5. The molecule has 2 aromatic rings. The van der Waals surface area contributed by atoms with Gasteiger partial charge in [0, 0.05) is 30.2 Å². The lowest BCUT2D eigenvalue weighted by Crippen LogP contribution is -2.29. The number of nitrogens with one attached hydrogen (secondary N) is 1. The molecule has 0 atom stereocenters. The number of thiazole rings is 1. The molecule has 0 saturated heterocycles. The molecule has 2 rings (SSSR count). The topological polar surface area (TPSA) is 85.8 Å². The van der Waals surface area contributed by atoms with Crippen LogP contribution >= 0.6 is 11.3 Å². The highest BCUT2D eigenvalue weighted by molar-refractivity contribution is 7.09. The van der Waals surface area contributed by atoms with Crippen molar-refractivity contribution in [1.82, 2.24) is 20.1 Å². The van der Waals surface area contributed by atoms with Crippen LogP contribution in [0.2, 0.25) is 0 Å². The van der Waals surface area contributed by atoms with Gasteiger partial charge in [-0.1, -0.05) is 0 Å². The average molecular weight is 265 g/mol. The number of amides is 1. The maximum Gasteiger partial charge on any atom is 0.241 e. The van der Waals surface area contributed by atoms with Crippen LogP contribution in [0.3, 0.4) is 0 Å². The Kier molecular flexibility index (Phi) is 3.93. The van der Waals surface area contributed by atoms with E-state index in [1.54, 1.807) is 23.6 Å². The van der Waals surface area contributed by atoms with Crippen molar-refractivity contribution in [2.24, 2.45) is 0 Å². The summed E-state index contributed by atoms with van der Waals surface area (Å²) in [6, 6.07) is 1.66. The van der Waals surface area contributed by atoms with Crippen molar-refractivity contribution < 1.29 is 4.79 Å². The van der Waals surface area contributed by atoms with E-state index in [0.717, 1.165) is 17.1 Å². The third-order valence-electron chi connectivity index (χ3n) is 2.29. The minimum absolute atomic E-state index is 0.0774. The van der Waals surface area contributed by atoms with Crippen molar-refractivity contribution in [1.29, 1.82) is 0 Å². The largest absolute Gasteiger partial charge is 0.382 e. The van der Waals surface area contributed by atoms with E-state index in [9.17, 15) is 4.79 Å². The Bertz CT molecular complexity index is 533. The van der Waals surface area contributed by atoms with Gasteiger partial charge in [0.05, 0.1) is 5.01 Å². The normalized spacial score (nSPS) is 10.5. The predicted molar refractivity (Wildman–Crippen MR) is 70.2 cm³/mol. The first-order chi connectivity index (χ1) is 8.63. The zero-order valence-electron chi connectivity index (χ0n) is 10.1. The molecular weight excluding hydrogens is 250 g/mol. The standard InChI is InChI=1S/C11H15N5OS/c1-8-7-18-11(14-8)2-4-13-10(17)6-16-5-3-9(12)15-16/h3,5,7H,2,4,6H2,1H3,(H2,12,15)(H,13,17). The number of aryl methyl sites for hydroxylation is 1. The Morgan fingerprint density at radius 3 is 3.06 bits per heavy atom. The van der Waals surface area contributed by atoms with Gasteiger partial charge in [-0.15, -0.1) is 11.3 Å². The quantitative estimate of drug-likeness (QED) is 0.828. The Morgan fingerprint density at radius 2 is 2.44 bits per heavy atom. The molecule has 7 heteroatoms. The summed E-state index contributed by atoms with van der Waals surface area (Å²) in [5.41, 5.74) is 6.48. The minimum Gasteiger partial charge on any atom is -0.382 e. The molecule has 0 fully saturated rings. The lowest BCUT2D eigenvalue weighted by Gasteiger charge is -2.03. The monoisotopic (exact) mass is 265 g/mol. The third kappa shape index (κ3) is 3.56. The van der Waals surface area contributed by atoms with Gasteiger partial charge in [-0.3, -0.25) is 9.48 Å². The van der Waals surface area contributed by atoms with Crippen LogP contribution < -0.4 is 11.1 Å². The highest BCUT2D eigenvalue weighted by Crippen LogP contribution is 2.08. The minimum atomic E-state index is -0.0774. The number of nitrogen functional groups attached to an aromatic ring is 1. The first-order valence-electron chi connectivity index (χ1n) is 5.60. The van der Waals surface area contributed by atoms with Gasteiger partial charge in [0.25, 0.3) is 0 Å². The fourth-order valence-corrected chi connectivity index (χ4v) is 2.27. The van der Waals surface area contributed by atoms with E-state index < -0.39 is 0 Å². The molecule has 1 amide bonds. The molecule has 3 N–H and O–H groups in total. The van der Waals surface area contributed by atoms with Crippen LogP contribution in [0.1, 0.15) is 10.7 Å². The number of nitrogens with two attached hydrogens (primary N) is 1. The Hall–Kier alpha value is -1.89. The molecule has 0 unspecified atom stereocenters. The first kappa shape index (κ1) is 12.6. The fourth-order valence-electron chi connectivity index (χ4n) is 1.49. The molecule has 2 aromatic heterocycles. The van der Waals surface area contributed by atoms with Crippen LogP contribution in [0.15, 0.2) is 17.6 Å². The molecule has 0 aromatic carbocycles. The molecule has 0 bridgehead atoms. The van der Waals surface area contributed by atoms with E-state index in [1.807, 2.05) is 12.3 Å². The van der Waals surface area contributed by atoms with Gasteiger partial charge >= 0.3 is 0 Å². The molecule has 0 spiro atoms. The van der Waals surface area contributed by atoms with E-state index in [1.165, 1.54) is 4.68 Å². The number of hydrogen-bond donors (Lipinski definition) is 2. The molecule has 2 heterocycles. The van der Waals surface area contributed by atoms with Crippen molar-refractivity contribution in [2.75, 3.05) is 12.3 Å². The number of anilines is 1. The lowest BCUT2D eigenvalue weighted by atomic mass is 10.4. The van der Waals surface area contributed by atoms with Crippen molar-refractivity contribution in [3.8, 4) is 0 Å². The summed E-state index contributed by atoms with van der Waals surface area (Å²) in [5.74, 6) is 0.340. The van der Waals surface area contributed by atoms with Gasteiger partial charge in [-0.2, -0.15) is 5.10 Å². The zero-order chi connectivity index (χ0) is 13.0. The molecule has 96 valence electrons. The van der Waals surface area contributed by atoms with E-state index >= 15 is 0 Å². The Balaban J connectivity index is 1.72. The highest BCUT2D eigenvalue weighted by Gasteiger charge is 2.04. The lowest BCUT2D eigenvalue weighted by molar-refractivity contribution is -0.121. The van der Waals surface area contributed by atoms with Crippen LogP contribution in [0, 0.1) is 6.92 Å². The molecule has 0 aliphatic carbocycles. The molecule has 18 heavy (non-hydrogen) atoms. The average Bonchev–Trinajstić information content (AvgIpc) is 2.88. The molecule has 0 aliphatic rings. The van der Waals surface area contributed by atoms with Crippen LogP contribution in [-0.2, 0) is 17.8 Å². The summed E-state index contributed by atoms with van der Waals surface area (Å²) in [6.07, 6.45) is 2.44. The van der Waals surface area contributed by atoms with Gasteiger partial charge < -0.3 is 11.1 Å². The SMILES string of the molecule is Cc1csc(CCNC(=O)Cn2ccc(N)n2)n1. The van der Waals surface area contributed by atoms with Gasteiger partial charge in [-0.25, -0.2) is 4.98 Å². The summed E-state index contributed by atoms with van der Waals surface area (Å²) in [5, 5.41) is 9.81. The third-order valence-corrected chi connectivity index (χ3v) is 3.32. The summed E-state index contributed by atoms with van der Waals surface area (Å²) < 4.78 is 1.51. The van der Waals surface area contributed by atoms with Crippen molar-refractivity contribution in [3.63, 3.8) is 0 Å². The second kappa shape index (κ2) is 5.63. The van der Waals surface area contributed by atoms with Crippen molar-refractivity contribution in [2.45, 2.75) is 19.9 Å². The number of aromatic nitrogens is 3. The van der Waals surface area contributed by atoms with E-state index in [-0.39, 0.29) is 12.5 Å². The maximum atomic E-state index is 11.6. The van der Waals surface area contributed by atoms with Crippen LogP contribution in [0.4, 0.5) is 5.82 Å². The van der Waals surface area contributed by atoms with Gasteiger partial charge in [-0.05, 0) is 13.0 Å². The van der Waals surface area contributed by atoms with Gasteiger partial charge in [0.2, 0.25) is 5.91 Å². The molecular formula is C11H15N5OS. The fraction of sp³-hybridized carbons (Fsp3) is 0.364. The molecule has 0 radical (unpaired) electrons. The zero-order valence-corrected chi connectivity index (χ0v) is 10.9. The van der Waals surface area contributed by atoms with E-state index in [2.05, 4.69) is 15.4 Å². The maximum absolute atomic E-state index is 11.6. The number of carbonyl (C=O) groups is 1. The smallest absolute Gasteiger partial charge is 0.241 e.